The number of para-hydroxylation sites is 1. The van der Waals surface area contributed by atoms with Crippen molar-refractivity contribution in [1.29, 1.82) is 0 Å². The van der Waals surface area contributed by atoms with E-state index < -0.39 is 0 Å². The van der Waals surface area contributed by atoms with E-state index in [1.165, 1.54) is 77.4 Å². The zero-order valence-electron chi connectivity index (χ0n) is 35.0. The first kappa shape index (κ1) is 36.7. The first-order valence-electron chi connectivity index (χ1n) is 21.6. The molecule has 0 saturated heterocycles. The summed E-state index contributed by atoms with van der Waals surface area (Å²) in [6, 6.07) is 76.4. The lowest BCUT2D eigenvalue weighted by Crippen LogP contribution is -2.14. The van der Waals surface area contributed by atoms with E-state index in [1.807, 2.05) is 30.3 Å². The number of rotatable bonds is 7. The minimum Gasteiger partial charge on any atom is -0.416 e. The van der Waals surface area contributed by atoms with Gasteiger partial charge in [-0.05, 0) is 133 Å². The Morgan fingerprint density at radius 3 is 1.46 bits per heavy atom. The SMILES string of the molecule is CC1(C)c2ccccc2-c2ccc(-c3ccc4c(c3)c3cc(-c5ccccc5-c5ccccc5-c5ccc(-c6nnc(-c7ccccc7)o6)cc5)ccc3n4-c3ccccc3)cc21. The fraction of sp³-hybridized carbons (Fsp3) is 0.0508. The normalized spacial score (nSPS) is 12.7. The Balaban J connectivity index is 0.956. The molecule has 12 rings (SSSR count). The van der Waals surface area contributed by atoms with Crippen molar-refractivity contribution in [1.82, 2.24) is 14.8 Å². The van der Waals surface area contributed by atoms with Crippen LogP contribution in [0, 0.1) is 0 Å². The molecular formula is C59H41N3O. The molecule has 1 aliphatic carbocycles. The minimum absolute atomic E-state index is 0.0674. The van der Waals surface area contributed by atoms with E-state index in [2.05, 4.69) is 211 Å². The molecule has 2 aromatic heterocycles. The molecular weight excluding hydrogens is 767 g/mol. The molecule has 4 nitrogen and oxygen atoms in total. The van der Waals surface area contributed by atoms with Gasteiger partial charge in [0.15, 0.2) is 0 Å². The van der Waals surface area contributed by atoms with E-state index >= 15 is 0 Å². The molecule has 11 aromatic rings. The van der Waals surface area contributed by atoms with Crippen LogP contribution in [0.1, 0.15) is 25.0 Å². The second kappa shape index (κ2) is 14.5. The van der Waals surface area contributed by atoms with Crippen molar-refractivity contribution in [3.8, 4) is 84.2 Å². The summed E-state index contributed by atoms with van der Waals surface area (Å²) >= 11 is 0. The highest BCUT2D eigenvalue weighted by molar-refractivity contribution is 6.12. The smallest absolute Gasteiger partial charge is 0.248 e. The van der Waals surface area contributed by atoms with E-state index in [-0.39, 0.29) is 5.41 Å². The summed E-state index contributed by atoms with van der Waals surface area (Å²) in [6.45, 7) is 4.70. The fourth-order valence-electron chi connectivity index (χ4n) is 9.88. The number of aromatic nitrogens is 3. The van der Waals surface area contributed by atoms with E-state index in [1.54, 1.807) is 0 Å². The summed E-state index contributed by atoms with van der Waals surface area (Å²) in [5.74, 6) is 1.01. The minimum atomic E-state index is -0.0674. The van der Waals surface area contributed by atoms with Crippen LogP contribution in [0.3, 0.4) is 0 Å². The maximum Gasteiger partial charge on any atom is 0.248 e. The Kier molecular flexibility index (Phi) is 8.48. The standard InChI is InChI=1S/C59H41N3O/c1-59(2)53-24-14-13-23-49(53)50-32-29-42(37-54(50)59)41-30-33-55-51(35-41)52-36-43(31-34-56(52)62(55)44-17-7-4-8-18-44)46-20-10-12-22-48(46)47-21-11-9-19-45(47)38-25-27-40(28-26-38)58-61-60-57(63-58)39-15-5-3-6-16-39/h3-37H,1-2H3. The molecule has 4 heteroatoms. The second-order valence-electron chi connectivity index (χ2n) is 17.0. The molecule has 0 aliphatic heterocycles. The number of fused-ring (bicyclic) bond motifs is 6. The molecule has 0 saturated carbocycles. The summed E-state index contributed by atoms with van der Waals surface area (Å²) < 4.78 is 8.49. The van der Waals surface area contributed by atoms with Gasteiger partial charge in [-0.2, -0.15) is 0 Å². The Morgan fingerprint density at radius 2 is 0.794 bits per heavy atom. The first-order chi connectivity index (χ1) is 31.0. The zero-order chi connectivity index (χ0) is 42.1. The molecule has 0 spiro atoms. The molecule has 298 valence electrons. The van der Waals surface area contributed by atoms with E-state index in [0.717, 1.165) is 27.9 Å². The van der Waals surface area contributed by atoms with Crippen molar-refractivity contribution in [3.63, 3.8) is 0 Å². The lowest BCUT2D eigenvalue weighted by atomic mass is 9.81. The van der Waals surface area contributed by atoms with Gasteiger partial charge >= 0.3 is 0 Å². The van der Waals surface area contributed by atoms with E-state index in [4.69, 9.17) is 4.42 Å². The Bertz CT molecular complexity index is 3520. The van der Waals surface area contributed by atoms with Crippen LogP contribution in [0.5, 0.6) is 0 Å². The second-order valence-corrected chi connectivity index (χ2v) is 17.0. The molecule has 63 heavy (non-hydrogen) atoms. The van der Waals surface area contributed by atoms with Gasteiger partial charge in [0.2, 0.25) is 11.8 Å². The van der Waals surface area contributed by atoms with Gasteiger partial charge in [-0.1, -0.05) is 159 Å². The molecule has 0 bridgehead atoms. The zero-order valence-corrected chi connectivity index (χ0v) is 35.0. The van der Waals surface area contributed by atoms with Gasteiger partial charge in [-0.25, -0.2) is 0 Å². The van der Waals surface area contributed by atoms with Crippen LogP contribution >= 0.6 is 0 Å². The summed E-state index contributed by atoms with van der Waals surface area (Å²) in [7, 11) is 0. The van der Waals surface area contributed by atoms with Crippen molar-refractivity contribution in [3.05, 3.63) is 223 Å². The van der Waals surface area contributed by atoms with Gasteiger partial charge in [-0.3, -0.25) is 0 Å². The predicted octanol–water partition coefficient (Wildman–Crippen LogP) is 15.5. The lowest BCUT2D eigenvalue weighted by Gasteiger charge is -2.22. The van der Waals surface area contributed by atoms with Crippen LogP contribution in [-0.2, 0) is 5.41 Å². The van der Waals surface area contributed by atoms with Crippen LogP contribution in [0.25, 0.3) is 106 Å². The molecule has 0 radical (unpaired) electrons. The van der Waals surface area contributed by atoms with Gasteiger partial charge in [0, 0.05) is 33.0 Å². The Morgan fingerprint density at radius 1 is 0.349 bits per heavy atom. The highest BCUT2D eigenvalue weighted by Crippen LogP contribution is 2.50. The van der Waals surface area contributed by atoms with Gasteiger partial charge in [0.05, 0.1) is 11.0 Å². The maximum atomic E-state index is 6.08. The van der Waals surface area contributed by atoms with E-state index in [9.17, 15) is 0 Å². The molecule has 0 fully saturated rings. The van der Waals surface area contributed by atoms with Crippen molar-refractivity contribution >= 4 is 21.8 Å². The Labute approximate surface area is 366 Å². The van der Waals surface area contributed by atoms with Crippen LogP contribution in [0.4, 0.5) is 0 Å². The summed E-state index contributed by atoms with van der Waals surface area (Å²) in [5.41, 5.74) is 20.1. The van der Waals surface area contributed by atoms with Gasteiger partial charge in [-0.15, -0.1) is 10.2 Å². The van der Waals surface area contributed by atoms with Crippen LogP contribution < -0.4 is 0 Å². The third-order valence-corrected chi connectivity index (χ3v) is 13.0. The van der Waals surface area contributed by atoms with Crippen molar-refractivity contribution in [2.75, 3.05) is 0 Å². The van der Waals surface area contributed by atoms with Crippen molar-refractivity contribution in [2.45, 2.75) is 19.3 Å². The quantitative estimate of drug-likeness (QED) is 0.161. The highest BCUT2D eigenvalue weighted by atomic mass is 16.4. The van der Waals surface area contributed by atoms with Gasteiger partial charge in [0.25, 0.3) is 0 Å². The number of hydrogen-bond donors (Lipinski definition) is 0. The summed E-state index contributed by atoms with van der Waals surface area (Å²) in [5, 5.41) is 11.1. The largest absolute Gasteiger partial charge is 0.416 e. The molecule has 0 unspecified atom stereocenters. The number of nitrogens with zero attached hydrogens (tertiary/aromatic N) is 3. The van der Waals surface area contributed by atoms with Gasteiger partial charge < -0.3 is 8.98 Å². The van der Waals surface area contributed by atoms with Gasteiger partial charge in [0.1, 0.15) is 0 Å². The van der Waals surface area contributed by atoms with Crippen molar-refractivity contribution < 1.29 is 4.42 Å². The topological polar surface area (TPSA) is 43.9 Å². The van der Waals surface area contributed by atoms with Crippen LogP contribution in [-0.4, -0.2) is 14.8 Å². The molecule has 1 aliphatic rings. The Hall–Kier alpha value is -8.08. The summed E-state index contributed by atoms with van der Waals surface area (Å²) in [6.07, 6.45) is 0. The monoisotopic (exact) mass is 807 g/mol. The van der Waals surface area contributed by atoms with Crippen molar-refractivity contribution in [2.24, 2.45) is 0 Å². The lowest BCUT2D eigenvalue weighted by molar-refractivity contribution is 0.584. The van der Waals surface area contributed by atoms with Crippen LogP contribution in [0.2, 0.25) is 0 Å². The number of benzene rings is 9. The molecule has 0 amide bonds. The highest BCUT2D eigenvalue weighted by Gasteiger charge is 2.35. The van der Waals surface area contributed by atoms with Crippen LogP contribution in [0.15, 0.2) is 217 Å². The average molecular weight is 808 g/mol. The molecule has 9 aromatic carbocycles. The summed E-state index contributed by atoms with van der Waals surface area (Å²) in [4.78, 5) is 0. The molecule has 0 atom stereocenters. The average Bonchev–Trinajstić information content (AvgIpc) is 4.03. The predicted molar refractivity (Wildman–Crippen MR) is 259 cm³/mol. The maximum absolute atomic E-state index is 6.08. The molecule has 0 N–H and O–H groups in total. The fourth-order valence-corrected chi connectivity index (χ4v) is 9.88. The third kappa shape index (κ3) is 6.06. The molecule has 2 heterocycles. The van der Waals surface area contributed by atoms with E-state index in [0.29, 0.717) is 11.8 Å². The first-order valence-corrected chi connectivity index (χ1v) is 21.6. The number of hydrogen-bond acceptors (Lipinski definition) is 3. The third-order valence-electron chi connectivity index (χ3n) is 13.0.